The number of aromatic amines is 1. The number of H-pyrrole nitrogens is 1. The van der Waals surface area contributed by atoms with Crippen LogP contribution in [0.3, 0.4) is 0 Å². The van der Waals surface area contributed by atoms with Gasteiger partial charge in [0.15, 0.2) is 0 Å². The van der Waals surface area contributed by atoms with E-state index in [1.54, 1.807) is 12.4 Å². The third kappa shape index (κ3) is 2.36. The summed E-state index contributed by atoms with van der Waals surface area (Å²) >= 11 is 0. The molecule has 2 atom stereocenters. The van der Waals surface area contributed by atoms with Gasteiger partial charge < -0.3 is 10.6 Å². The van der Waals surface area contributed by atoms with E-state index in [2.05, 4.69) is 20.8 Å². The van der Waals surface area contributed by atoms with Crippen LogP contribution >= 0.6 is 0 Å². The normalized spacial score (nSPS) is 22.6. The van der Waals surface area contributed by atoms with Crippen LogP contribution in [0.4, 0.5) is 0 Å². The molecule has 82 valence electrons. The van der Waals surface area contributed by atoms with E-state index in [9.17, 15) is 4.79 Å². The highest BCUT2D eigenvalue weighted by molar-refractivity contribution is 5.82. The lowest BCUT2D eigenvalue weighted by atomic mass is 10.1. The Morgan fingerprint density at radius 3 is 3.20 bits per heavy atom. The van der Waals surface area contributed by atoms with Crippen molar-refractivity contribution < 1.29 is 4.79 Å². The number of aromatic nitrogens is 2. The summed E-state index contributed by atoms with van der Waals surface area (Å²) in [7, 11) is 0. The molecule has 5 heteroatoms. The average molecular weight is 208 g/mol. The van der Waals surface area contributed by atoms with E-state index in [4.69, 9.17) is 0 Å². The smallest absolute Gasteiger partial charge is 0.237 e. The van der Waals surface area contributed by atoms with Gasteiger partial charge in [0.1, 0.15) is 0 Å². The van der Waals surface area contributed by atoms with Crippen LogP contribution < -0.4 is 10.6 Å². The second-order valence-corrected chi connectivity index (χ2v) is 3.91. The molecule has 1 aliphatic rings. The standard InChI is InChI=1S/C10H16N4O/c1-7(8-5-12-13-6-8)14-10(15)9-3-2-4-11-9/h5-7,9,11H,2-4H2,1H3,(H,12,13)(H,14,15)/t7?,9-/m1/s1. The lowest BCUT2D eigenvalue weighted by Crippen LogP contribution is -2.41. The van der Waals surface area contributed by atoms with E-state index in [0.717, 1.165) is 24.9 Å². The van der Waals surface area contributed by atoms with Gasteiger partial charge in [-0.25, -0.2) is 0 Å². The zero-order valence-corrected chi connectivity index (χ0v) is 8.79. The third-order valence-electron chi connectivity index (χ3n) is 2.75. The van der Waals surface area contributed by atoms with Crippen molar-refractivity contribution in [2.45, 2.75) is 31.8 Å². The van der Waals surface area contributed by atoms with Gasteiger partial charge in [-0.1, -0.05) is 0 Å². The molecule has 0 aromatic carbocycles. The molecule has 1 amide bonds. The van der Waals surface area contributed by atoms with Crippen molar-refractivity contribution in [2.75, 3.05) is 6.54 Å². The van der Waals surface area contributed by atoms with Gasteiger partial charge in [0.05, 0.1) is 18.3 Å². The molecule has 15 heavy (non-hydrogen) atoms. The van der Waals surface area contributed by atoms with Crippen molar-refractivity contribution in [3.63, 3.8) is 0 Å². The summed E-state index contributed by atoms with van der Waals surface area (Å²) in [5.74, 6) is 0.0844. The molecule has 1 aliphatic heterocycles. The van der Waals surface area contributed by atoms with E-state index in [-0.39, 0.29) is 18.0 Å². The average Bonchev–Trinajstić information content (AvgIpc) is 2.91. The third-order valence-corrected chi connectivity index (χ3v) is 2.75. The molecular formula is C10H16N4O. The van der Waals surface area contributed by atoms with Crippen LogP contribution in [0.2, 0.25) is 0 Å². The highest BCUT2D eigenvalue weighted by Gasteiger charge is 2.23. The number of nitrogens with zero attached hydrogens (tertiary/aromatic N) is 1. The predicted molar refractivity (Wildman–Crippen MR) is 56.2 cm³/mol. The summed E-state index contributed by atoms with van der Waals surface area (Å²) in [5, 5.41) is 12.7. The Hall–Kier alpha value is -1.36. The number of hydrogen-bond donors (Lipinski definition) is 3. The number of hydrogen-bond acceptors (Lipinski definition) is 3. The van der Waals surface area contributed by atoms with Crippen molar-refractivity contribution >= 4 is 5.91 Å². The van der Waals surface area contributed by atoms with Crippen molar-refractivity contribution in [2.24, 2.45) is 0 Å². The minimum absolute atomic E-state index is 0.0126. The first kappa shape index (κ1) is 10.2. The molecule has 0 aliphatic carbocycles. The minimum Gasteiger partial charge on any atom is -0.348 e. The quantitative estimate of drug-likeness (QED) is 0.671. The molecular weight excluding hydrogens is 192 g/mol. The molecule has 1 aromatic heterocycles. The fourth-order valence-electron chi connectivity index (χ4n) is 1.80. The molecule has 0 spiro atoms. The number of amides is 1. The minimum atomic E-state index is -0.0145. The van der Waals surface area contributed by atoms with Crippen LogP contribution in [0.15, 0.2) is 12.4 Å². The zero-order chi connectivity index (χ0) is 10.7. The fraction of sp³-hybridized carbons (Fsp3) is 0.600. The highest BCUT2D eigenvalue weighted by atomic mass is 16.2. The van der Waals surface area contributed by atoms with Crippen LogP contribution in [0.1, 0.15) is 31.4 Å². The predicted octanol–water partition coefficient (Wildman–Crippen LogP) is 0.339. The van der Waals surface area contributed by atoms with E-state index >= 15 is 0 Å². The Morgan fingerprint density at radius 1 is 1.73 bits per heavy atom. The van der Waals surface area contributed by atoms with Crippen LogP contribution in [-0.4, -0.2) is 28.7 Å². The molecule has 1 unspecified atom stereocenters. The van der Waals surface area contributed by atoms with Gasteiger partial charge in [0.2, 0.25) is 5.91 Å². The Balaban J connectivity index is 1.88. The monoisotopic (exact) mass is 208 g/mol. The molecule has 3 N–H and O–H groups in total. The SMILES string of the molecule is CC(NC(=O)[C@H]1CCCN1)c1cn[nH]c1. The first-order valence-corrected chi connectivity index (χ1v) is 5.30. The Bertz CT molecular complexity index is 316. The second-order valence-electron chi connectivity index (χ2n) is 3.91. The Kier molecular flexibility index (Phi) is 3.01. The summed E-state index contributed by atoms with van der Waals surface area (Å²) in [6, 6.07) is -0.00185. The molecule has 2 heterocycles. The van der Waals surface area contributed by atoms with E-state index in [1.165, 1.54) is 0 Å². The van der Waals surface area contributed by atoms with Crippen molar-refractivity contribution in [3.8, 4) is 0 Å². The van der Waals surface area contributed by atoms with Gasteiger partial charge in [-0.3, -0.25) is 9.89 Å². The number of carbonyl (C=O) groups is 1. The lowest BCUT2D eigenvalue weighted by Gasteiger charge is -2.15. The molecule has 1 aromatic rings. The first-order chi connectivity index (χ1) is 7.27. The molecule has 5 nitrogen and oxygen atoms in total. The fourth-order valence-corrected chi connectivity index (χ4v) is 1.80. The molecule has 0 saturated carbocycles. The van der Waals surface area contributed by atoms with Gasteiger partial charge in [-0.15, -0.1) is 0 Å². The van der Waals surface area contributed by atoms with Gasteiger partial charge in [0, 0.05) is 11.8 Å². The summed E-state index contributed by atoms with van der Waals surface area (Å²) in [6.45, 7) is 2.90. The maximum Gasteiger partial charge on any atom is 0.237 e. The van der Waals surface area contributed by atoms with Gasteiger partial charge in [-0.05, 0) is 26.3 Å². The molecule has 1 fully saturated rings. The highest BCUT2D eigenvalue weighted by Crippen LogP contribution is 2.11. The number of nitrogens with one attached hydrogen (secondary N) is 3. The van der Waals surface area contributed by atoms with Crippen LogP contribution in [0.5, 0.6) is 0 Å². The van der Waals surface area contributed by atoms with Gasteiger partial charge in [0.25, 0.3) is 0 Å². The van der Waals surface area contributed by atoms with Crippen LogP contribution in [0, 0.1) is 0 Å². The molecule has 1 saturated heterocycles. The van der Waals surface area contributed by atoms with Crippen molar-refractivity contribution in [1.82, 2.24) is 20.8 Å². The summed E-state index contributed by atoms with van der Waals surface area (Å²) in [4.78, 5) is 11.7. The Labute approximate surface area is 88.6 Å². The molecule has 0 radical (unpaired) electrons. The largest absolute Gasteiger partial charge is 0.348 e. The Morgan fingerprint density at radius 2 is 2.60 bits per heavy atom. The van der Waals surface area contributed by atoms with Crippen molar-refractivity contribution in [1.29, 1.82) is 0 Å². The zero-order valence-electron chi connectivity index (χ0n) is 8.79. The van der Waals surface area contributed by atoms with E-state index in [0.29, 0.717) is 0 Å². The van der Waals surface area contributed by atoms with Gasteiger partial charge >= 0.3 is 0 Å². The van der Waals surface area contributed by atoms with E-state index < -0.39 is 0 Å². The number of carbonyl (C=O) groups excluding carboxylic acids is 1. The van der Waals surface area contributed by atoms with E-state index in [1.807, 2.05) is 6.92 Å². The summed E-state index contributed by atoms with van der Waals surface area (Å²) < 4.78 is 0. The first-order valence-electron chi connectivity index (χ1n) is 5.30. The topological polar surface area (TPSA) is 69.8 Å². The molecule has 2 rings (SSSR count). The maximum absolute atomic E-state index is 11.7. The molecule has 0 bridgehead atoms. The summed E-state index contributed by atoms with van der Waals surface area (Å²) in [5.41, 5.74) is 1.00. The second kappa shape index (κ2) is 4.44. The van der Waals surface area contributed by atoms with Crippen LogP contribution in [0.25, 0.3) is 0 Å². The van der Waals surface area contributed by atoms with Gasteiger partial charge in [-0.2, -0.15) is 5.10 Å². The summed E-state index contributed by atoms with van der Waals surface area (Å²) in [6.07, 6.45) is 5.54. The van der Waals surface area contributed by atoms with Crippen LogP contribution in [-0.2, 0) is 4.79 Å². The number of rotatable bonds is 3. The lowest BCUT2D eigenvalue weighted by molar-refractivity contribution is -0.123. The van der Waals surface area contributed by atoms with Crippen molar-refractivity contribution in [3.05, 3.63) is 18.0 Å². The maximum atomic E-state index is 11.7.